The first-order valence-electron chi connectivity index (χ1n) is 6.51. The minimum Gasteiger partial charge on any atom is -0.307 e. The minimum absolute atomic E-state index is 0.880. The summed E-state index contributed by atoms with van der Waals surface area (Å²) in [5, 5.41) is 2.87. The fourth-order valence-corrected chi connectivity index (χ4v) is 1.89. The topological polar surface area (TPSA) is 17.1 Å². The molecule has 0 aliphatic heterocycles. The molecule has 1 heteroatoms. The van der Waals surface area contributed by atoms with Crippen molar-refractivity contribution >= 4 is 18.9 Å². The van der Waals surface area contributed by atoms with Crippen LogP contribution < -0.4 is 10.4 Å². The van der Waals surface area contributed by atoms with Crippen molar-refractivity contribution in [2.45, 2.75) is 34.1 Å². The standard InChI is InChI=1S/C11H10.2C2H6.CH2O/c1-2-4-9-6-11-7-10(11)5-8(9)3-1;3*1-2/h1-6,10-11H,7H2;2*1-2H3;1H2. The zero-order valence-corrected chi connectivity index (χ0v) is 11.4. The van der Waals surface area contributed by atoms with Crippen molar-refractivity contribution in [1.29, 1.82) is 0 Å². The van der Waals surface area contributed by atoms with Gasteiger partial charge < -0.3 is 4.79 Å². The van der Waals surface area contributed by atoms with E-state index in [1.807, 2.05) is 34.5 Å². The van der Waals surface area contributed by atoms with Crippen molar-refractivity contribution in [3.63, 3.8) is 0 Å². The van der Waals surface area contributed by atoms with Crippen molar-refractivity contribution < 1.29 is 4.79 Å². The monoisotopic (exact) mass is 232 g/mol. The molecule has 0 spiro atoms. The van der Waals surface area contributed by atoms with Crippen LogP contribution in [0, 0.1) is 11.8 Å². The van der Waals surface area contributed by atoms with Gasteiger partial charge in [0, 0.05) is 0 Å². The molecule has 17 heavy (non-hydrogen) atoms. The van der Waals surface area contributed by atoms with Crippen LogP contribution in [-0.2, 0) is 4.79 Å². The highest BCUT2D eigenvalue weighted by atomic mass is 16.1. The van der Waals surface area contributed by atoms with Gasteiger partial charge in [0.25, 0.3) is 0 Å². The van der Waals surface area contributed by atoms with Crippen molar-refractivity contribution in [2.24, 2.45) is 11.8 Å². The molecule has 3 rings (SSSR count). The third kappa shape index (κ3) is 4.18. The van der Waals surface area contributed by atoms with E-state index in [9.17, 15) is 0 Å². The molecule has 0 amide bonds. The van der Waals surface area contributed by atoms with Gasteiger partial charge in [-0.05, 0) is 28.7 Å². The van der Waals surface area contributed by atoms with Crippen LogP contribution in [0.4, 0.5) is 0 Å². The Morgan fingerprint density at radius 3 is 1.59 bits per heavy atom. The summed E-state index contributed by atoms with van der Waals surface area (Å²) in [7, 11) is 0. The zero-order chi connectivity index (χ0) is 13.3. The predicted molar refractivity (Wildman–Crippen MR) is 76.0 cm³/mol. The first-order valence-corrected chi connectivity index (χ1v) is 6.51. The lowest BCUT2D eigenvalue weighted by Gasteiger charge is -1.96. The lowest BCUT2D eigenvalue weighted by molar-refractivity contribution is -0.0979. The molecule has 2 unspecified atom stereocenters. The number of benzene rings is 1. The summed E-state index contributed by atoms with van der Waals surface area (Å²) in [6.45, 7) is 10.0. The summed E-state index contributed by atoms with van der Waals surface area (Å²) >= 11 is 0. The van der Waals surface area contributed by atoms with Crippen LogP contribution >= 0.6 is 0 Å². The molecule has 2 aliphatic rings. The van der Waals surface area contributed by atoms with Crippen LogP contribution in [0.1, 0.15) is 34.1 Å². The molecule has 0 N–H and O–H groups in total. The lowest BCUT2D eigenvalue weighted by Crippen LogP contribution is -2.26. The summed E-state index contributed by atoms with van der Waals surface area (Å²) in [5.41, 5.74) is 0. The molecule has 94 valence electrons. The van der Waals surface area contributed by atoms with Crippen molar-refractivity contribution in [2.75, 3.05) is 0 Å². The van der Waals surface area contributed by atoms with E-state index in [0.29, 0.717) is 0 Å². The van der Waals surface area contributed by atoms with Crippen LogP contribution in [0.25, 0.3) is 12.2 Å². The number of carbonyl (C=O) groups excluding carboxylic acids is 1. The smallest absolute Gasteiger partial charge is 0.106 e. The van der Waals surface area contributed by atoms with Crippen molar-refractivity contribution in [3.05, 3.63) is 34.7 Å². The Labute approximate surface area is 105 Å². The van der Waals surface area contributed by atoms with Crippen LogP contribution in [0.2, 0.25) is 0 Å². The van der Waals surface area contributed by atoms with Crippen LogP contribution in [0.15, 0.2) is 24.3 Å². The normalized spacial score (nSPS) is 20.9. The highest BCUT2D eigenvalue weighted by molar-refractivity contribution is 5.49. The number of fused-ring (bicyclic) bond motifs is 2. The maximum Gasteiger partial charge on any atom is 0.106 e. The Bertz CT molecular complexity index is 380. The molecule has 0 heterocycles. The Hall–Kier alpha value is -1.37. The maximum absolute atomic E-state index is 8.00. The minimum atomic E-state index is 0.880. The highest BCUT2D eigenvalue weighted by Gasteiger charge is 2.33. The lowest BCUT2D eigenvalue weighted by atomic mass is 10.1. The summed E-state index contributed by atoms with van der Waals surface area (Å²) in [5.74, 6) is 1.76. The summed E-state index contributed by atoms with van der Waals surface area (Å²) in [6, 6.07) is 8.65. The number of hydrogen-bond donors (Lipinski definition) is 0. The Morgan fingerprint density at radius 2 is 1.24 bits per heavy atom. The Balaban J connectivity index is 0.000000379. The van der Waals surface area contributed by atoms with Crippen LogP contribution in [-0.4, -0.2) is 6.79 Å². The third-order valence-corrected chi connectivity index (χ3v) is 2.67. The van der Waals surface area contributed by atoms with Crippen molar-refractivity contribution in [3.8, 4) is 0 Å². The van der Waals surface area contributed by atoms with Gasteiger partial charge in [0.15, 0.2) is 0 Å². The predicted octanol–water partition coefficient (Wildman–Crippen LogP) is 2.76. The fraction of sp³-hybridized carbons (Fsp3) is 0.438. The molecule has 1 aromatic rings. The van der Waals surface area contributed by atoms with Gasteiger partial charge in [0.05, 0.1) is 0 Å². The van der Waals surface area contributed by atoms with Gasteiger partial charge in [0.2, 0.25) is 0 Å². The molecule has 0 aromatic heterocycles. The van der Waals surface area contributed by atoms with Gasteiger partial charge in [-0.3, -0.25) is 0 Å². The van der Waals surface area contributed by atoms with E-state index in [-0.39, 0.29) is 0 Å². The summed E-state index contributed by atoms with van der Waals surface area (Å²) in [6.07, 6.45) is 6.22. The average molecular weight is 232 g/mol. The van der Waals surface area contributed by atoms with Crippen molar-refractivity contribution in [1.82, 2.24) is 0 Å². The van der Waals surface area contributed by atoms with E-state index in [0.717, 1.165) is 11.8 Å². The fourth-order valence-electron chi connectivity index (χ4n) is 1.89. The second-order valence-electron chi connectivity index (χ2n) is 3.53. The van der Waals surface area contributed by atoms with Gasteiger partial charge in [-0.1, -0.05) is 64.1 Å². The molecule has 0 radical (unpaired) electrons. The Kier molecular flexibility index (Phi) is 8.04. The summed E-state index contributed by atoms with van der Waals surface area (Å²) < 4.78 is 0. The third-order valence-electron chi connectivity index (χ3n) is 2.67. The quantitative estimate of drug-likeness (QED) is 0.672. The zero-order valence-electron chi connectivity index (χ0n) is 11.4. The molecule has 1 fully saturated rings. The molecule has 2 atom stereocenters. The van der Waals surface area contributed by atoms with E-state index in [1.54, 1.807) is 0 Å². The number of rotatable bonds is 0. The van der Waals surface area contributed by atoms with Crippen LogP contribution in [0.3, 0.4) is 0 Å². The summed E-state index contributed by atoms with van der Waals surface area (Å²) in [4.78, 5) is 8.00. The Morgan fingerprint density at radius 1 is 0.882 bits per heavy atom. The second kappa shape index (κ2) is 8.74. The van der Waals surface area contributed by atoms with Gasteiger partial charge in [0.1, 0.15) is 6.79 Å². The van der Waals surface area contributed by atoms with Gasteiger partial charge >= 0.3 is 0 Å². The first kappa shape index (κ1) is 15.6. The largest absolute Gasteiger partial charge is 0.307 e. The van der Waals surface area contributed by atoms with E-state index in [4.69, 9.17) is 4.79 Å². The molecule has 1 saturated carbocycles. The number of hydrogen-bond acceptors (Lipinski definition) is 1. The van der Waals surface area contributed by atoms with Crippen LogP contribution in [0.5, 0.6) is 0 Å². The van der Waals surface area contributed by atoms with Gasteiger partial charge in [-0.25, -0.2) is 0 Å². The van der Waals surface area contributed by atoms with E-state index >= 15 is 0 Å². The molecule has 1 aromatic carbocycles. The molecular formula is C16H24O. The molecule has 0 bridgehead atoms. The molecule has 2 aliphatic carbocycles. The molecule has 0 saturated heterocycles. The SMILES string of the molecule is C1=c2ccccc2=CC2CC12.C=O.CC.CC. The van der Waals surface area contributed by atoms with E-state index < -0.39 is 0 Å². The van der Waals surface area contributed by atoms with E-state index in [1.165, 1.54) is 16.9 Å². The maximum atomic E-state index is 8.00. The van der Waals surface area contributed by atoms with E-state index in [2.05, 4.69) is 36.4 Å². The molecule has 1 nitrogen and oxygen atoms in total. The first-order chi connectivity index (χ1) is 8.43. The highest BCUT2D eigenvalue weighted by Crippen LogP contribution is 2.41. The molecular weight excluding hydrogens is 208 g/mol. The van der Waals surface area contributed by atoms with Gasteiger partial charge in [-0.2, -0.15) is 0 Å². The average Bonchev–Trinajstić information content (AvgIpc) is 3.21. The number of carbonyl (C=O) groups is 1. The second-order valence-corrected chi connectivity index (χ2v) is 3.53. The van der Waals surface area contributed by atoms with Gasteiger partial charge in [-0.15, -0.1) is 0 Å².